The molecule has 0 spiro atoms. The van der Waals surface area contributed by atoms with Crippen LogP contribution in [0.4, 0.5) is 0 Å². The van der Waals surface area contributed by atoms with Crippen LogP contribution in [0.1, 0.15) is 31.1 Å². The molecule has 0 saturated heterocycles. The molecule has 2 atom stereocenters. The number of ether oxygens (including phenoxy) is 1. The number of carbonyl (C=O) groups is 2. The Hall–Kier alpha value is -1.84. The van der Waals surface area contributed by atoms with Gasteiger partial charge in [-0.25, -0.2) is 0 Å². The lowest BCUT2D eigenvalue weighted by atomic mass is 9.96. The molecule has 1 N–H and O–H groups in total. The fourth-order valence-electron chi connectivity index (χ4n) is 1.54. The summed E-state index contributed by atoms with van der Waals surface area (Å²) < 4.78 is 5.07. The largest absolute Gasteiger partial charge is 0.481 e. The van der Waals surface area contributed by atoms with E-state index in [2.05, 4.69) is 6.92 Å². The highest BCUT2D eigenvalue weighted by Gasteiger charge is 2.27. The van der Waals surface area contributed by atoms with Crippen molar-refractivity contribution in [2.75, 3.05) is 0 Å². The van der Waals surface area contributed by atoms with Crippen LogP contribution in [-0.4, -0.2) is 17.0 Å². The molecule has 0 aliphatic carbocycles. The predicted octanol–water partition coefficient (Wildman–Crippen LogP) is 2.19. The number of rotatable bonds is 4. The highest BCUT2D eigenvalue weighted by Crippen LogP contribution is 2.27. The zero-order valence-corrected chi connectivity index (χ0v) is 9.84. The van der Waals surface area contributed by atoms with E-state index in [1.807, 2.05) is 0 Å². The molecule has 91 valence electrons. The number of hydrogen-bond acceptors (Lipinski definition) is 3. The maximum absolute atomic E-state index is 11.0. The van der Waals surface area contributed by atoms with Gasteiger partial charge in [0.15, 0.2) is 0 Å². The minimum atomic E-state index is -1.01. The smallest absolute Gasteiger partial charge is 0.310 e. The Balaban J connectivity index is 3.05. The molecule has 1 aromatic rings. The molecular weight excluding hydrogens is 220 g/mol. The normalized spacial score (nSPS) is 13.8. The molecule has 2 unspecified atom stereocenters. The van der Waals surface area contributed by atoms with E-state index < -0.39 is 24.0 Å². The van der Waals surface area contributed by atoms with E-state index in [1.54, 1.807) is 24.3 Å². The highest BCUT2D eigenvalue weighted by atomic mass is 16.5. The van der Waals surface area contributed by atoms with Crippen LogP contribution in [0.5, 0.6) is 0 Å². The molecule has 0 heterocycles. The molecule has 17 heavy (non-hydrogen) atoms. The quantitative estimate of drug-likeness (QED) is 0.812. The van der Waals surface area contributed by atoms with Gasteiger partial charge in [0, 0.05) is 6.92 Å². The van der Waals surface area contributed by atoms with Gasteiger partial charge >= 0.3 is 11.9 Å². The molecule has 0 bridgehead atoms. The van der Waals surface area contributed by atoms with Crippen LogP contribution < -0.4 is 0 Å². The molecule has 4 nitrogen and oxygen atoms in total. The van der Waals surface area contributed by atoms with E-state index >= 15 is 0 Å². The summed E-state index contributed by atoms with van der Waals surface area (Å²) in [5.41, 5.74) is 1.39. The topological polar surface area (TPSA) is 63.6 Å². The summed E-state index contributed by atoms with van der Waals surface area (Å²) in [5, 5.41) is 8.99. The minimum absolute atomic E-state index is 0.502. The fraction of sp³-hybridized carbons (Fsp3) is 0.308. The highest BCUT2D eigenvalue weighted by molar-refractivity contribution is 5.72. The second-order valence-corrected chi connectivity index (χ2v) is 3.90. The van der Waals surface area contributed by atoms with Crippen molar-refractivity contribution in [1.82, 2.24) is 0 Å². The summed E-state index contributed by atoms with van der Waals surface area (Å²) in [5.74, 6) is -2.32. The summed E-state index contributed by atoms with van der Waals surface area (Å²) in [6.45, 7) is 6.52. The van der Waals surface area contributed by atoms with Gasteiger partial charge in [0.1, 0.15) is 6.10 Å². The van der Waals surface area contributed by atoms with Gasteiger partial charge in [0.25, 0.3) is 0 Å². The third-order valence-electron chi connectivity index (χ3n) is 2.42. The van der Waals surface area contributed by atoms with Crippen LogP contribution in [0.3, 0.4) is 0 Å². The van der Waals surface area contributed by atoms with E-state index in [4.69, 9.17) is 9.84 Å². The number of esters is 1. The number of carboxylic acids is 1. The third kappa shape index (κ3) is 3.59. The zero-order valence-electron chi connectivity index (χ0n) is 9.84. The van der Waals surface area contributed by atoms with Crippen molar-refractivity contribution in [2.24, 2.45) is 5.92 Å². The average molecular weight is 235 g/mol. The third-order valence-corrected chi connectivity index (χ3v) is 2.42. The molecule has 1 rings (SSSR count). The first-order valence-corrected chi connectivity index (χ1v) is 5.23. The van der Waals surface area contributed by atoms with Crippen LogP contribution in [0.25, 0.3) is 0 Å². The van der Waals surface area contributed by atoms with E-state index in [9.17, 15) is 9.59 Å². The number of carbonyl (C=O) groups excluding carboxylic acids is 1. The lowest BCUT2D eigenvalue weighted by Crippen LogP contribution is -2.23. The van der Waals surface area contributed by atoms with Gasteiger partial charge < -0.3 is 9.84 Å². The van der Waals surface area contributed by atoms with Crippen molar-refractivity contribution in [1.29, 1.82) is 0 Å². The van der Waals surface area contributed by atoms with E-state index in [0.29, 0.717) is 5.56 Å². The first-order valence-electron chi connectivity index (χ1n) is 5.23. The molecular formula is C13H15O4. The van der Waals surface area contributed by atoms with E-state index in [0.717, 1.165) is 5.56 Å². The Bertz CT molecular complexity index is 425. The maximum atomic E-state index is 11.0. The first kappa shape index (κ1) is 13.2. The second-order valence-electron chi connectivity index (χ2n) is 3.90. The Kier molecular flexibility index (Phi) is 4.26. The molecule has 1 aromatic carbocycles. The van der Waals surface area contributed by atoms with Crippen molar-refractivity contribution in [3.8, 4) is 0 Å². The van der Waals surface area contributed by atoms with Crippen molar-refractivity contribution >= 4 is 11.9 Å². The van der Waals surface area contributed by atoms with Crippen molar-refractivity contribution in [3.05, 3.63) is 42.3 Å². The molecule has 0 saturated carbocycles. The van der Waals surface area contributed by atoms with Crippen LogP contribution >= 0.6 is 0 Å². The number of aliphatic carboxylic acids is 1. The minimum Gasteiger partial charge on any atom is -0.481 e. The molecule has 4 heteroatoms. The predicted molar refractivity (Wildman–Crippen MR) is 62.2 cm³/mol. The Labute approximate surface area is 100 Å². The van der Waals surface area contributed by atoms with Gasteiger partial charge in [0.2, 0.25) is 0 Å². The Morgan fingerprint density at radius 3 is 2.53 bits per heavy atom. The Morgan fingerprint density at radius 2 is 2.06 bits per heavy atom. The van der Waals surface area contributed by atoms with E-state index in [1.165, 1.54) is 13.8 Å². The van der Waals surface area contributed by atoms with Crippen LogP contribution in [0.15, 0.2) is 24.3 Å². The maximum Gasteiger partial charge on any atom is 0.310 e. The van der Waals surface area contributed by atoms with Crippen molar-refractivity contribution < 1.29 is 19.4 Å². The monoisotopic (exact) mass is 235 g/mol. The molecule has 0 aliphatic heterocycles. The van der Waals surface area contributed by atoms with Gasteiger partial charge in [-0.1, -0.05) is 24.3 Å². The SMILES string of the molecule is [CH2]c1cccc(C(OC(C)=O)C(C)C(=O)O)c1. The molecule has 1 radical (unpaired) electrons. The molecule has 0 aromatic heterocycles. The number of carboxylic acid groups (broad SMARTS) is 1. The summed E-state index contributed by atoms with van der Waals surface area (Å²) in [6.07, 6.45) is -0.785. The number of hydrogen-bond donors (Lipinski definition) is 1. The van der Waals surface area contributed by atoms with Gasteiger partial charge in [-0.2, -0.15) is 0 Å². The lowest BCUT2D eigenvalue weighted by molar-refractivity contribution is -0.156. The van der Waals surface area contributed by atoms with Crippen LogP contribution in [0.2, 0.25) is 0 Å². The van der Waals surface area contributed by atoms with Gasteiger partial charge in [-0.15, -0.1) is 0 Å². The fourth-order valence-corrected chi connectivity index (χ4v) is 1.54. The molecule has 0 aliphatic rings. The summed E-state index contributed by atoms with van der Waals surface area (Å²) in [4.78, 5) is 22.0. The zero-order chi connectivity index (χ0) is 13.0. The van der Waals surface area contributed by atoms with Crippen LogP contribution in [0, 0.1) is 12.8 Å². The second kappa shape index (κ2) is 5.48. The molecule has 0 fully saturated rings. The van der Waals surface area contributed by atoms with Gasteiger partial charge in [0.05, 0.1) is 5.92 Å². The van der Waals surface area contributed by atoms with Gasteiger partial charge in [-0.3, -0.25) is 9.59 Å². The van der Waals surface area contributed by atoms with Crippen LogP contribution in [-0.2, 0) is 14.3 Å². The Morgan fingerprint density at radius 1 is 1.41 bits per heavy atom. The average Bonchev–Trinajstić information content (AvgIpc) is 2.24. The lowest BCUT2D eigenvalue weighted by Gasteiger charge is -2.21. The number of benzene rings is 1. The first-order chi connectivity index (χ1) is 7.91. The van der Waals surface area contributed by atoms with Crippen molar-refractivity contribution in [3.63, 3.8) is 0 Å². The summed E-state index contributed by atoms with van der Waals surface area (Å²) >= 11 is 0. The van der Waals surface area contributed by atoms with Gasteiger partial charge in [-0.05, 0) is 25.0 Å². The summed E-state index contributed by atoms with van der Waals surface area (Å²) in [7, 11) is 0. The summed E-state index contributed by atoms with van der Waals surface area (Å²) in [6, 6.07) is 6.98. The standard InChI is InChI=1S/C13H15O4/c1-8-5-4-6-11(7-8)12(17-10(3)14)9(2)13(15)16/h4-7,9,12H,1H2,2-3H3,(H,15,16). The molecule has 0 amide bonds. The van der Waals surface area contributed by atoms with E-state index in [-0.39, 0.29) is 0 Å². The van der Waals surface area contributed by atoms with Crippen molar-refractivity contribution in [2.45, 2.75) is 20.0 Å².